The van der Waals surface area contributed by atoms with Gasteiger partial charge in [-0.15, -0.1) is 0 Å². The second kappa shape index (κ2) is 5.40. The minimum absolute atomic E-state index is 0.174. The van der Waals surface area contributed by atoms with Crippen molar-refractivity contribution < 1.29 is 13.5 Å². The number of sulfonamides is 1. The number of nitrogens with one attached hydrogen (secondary N) is 1. The van der Waals surface area contributed by atoms with E-state index in [1.54, 1.807) is 6.07 Å². The van der Waals surface area contributed by atoms with Crippen LogP contribution in [0.15, 0.2) is 21.5 Å². The summed E-state index contributed by atoms with van der Waals surface area (Å²) < 4.78 is 28.0. The van der Waals surface area contributed by atoms with Crippen LogP contribution >= 0.6 is 15.9 Å². The number of halogens is 1. The molecule has 1 atom stereocenters. The second-order valence-corrected chi connectivity index (χ2v) is 8.65. The summed E-state index contributed by atoms with van der Waals surface area (Å²) in [4.78, 5) is 0.194. The molecule has 0 aromatic heterocycles. The van der Waals surface area contributed by atoms with Crippen molar-refractivity contribution >= 4 is 26.0 Å². The van der Waals surface area contributed by atoms with Gasteiger partial charge >= 0.3 is 0 Å². The van der Waals surface area contributed by atoms with Crippen LogP contribution in [0.5, 0.6) is 0 Å². The zero-order valence-electron chi connectivity index (χ0n) is 11.9. The van der Waals surface area contributed by atoms with E-state index in [4.69, 9.17) is 0 Å². The van der Waals surface area contributed by atoms with E-state index in [0.29, 0.717) is 22.5 Å². The molecule has 1 unspecified atom stereocenters. The Morgan fingerprint density at radius 3 is 2.55 bits per heavy atom. The van der Waals surface area contributed by atoms with Gasteiger partial charge in [-0.3, -0.25) is 0 Å². The third kappa shape index (κ3) is 3.24. The Kier molecular flexibility index (Phi) is 4.31. The molecule has 0 spiro atoms. The lowest BCUT2D eigenvalue weighted by Crippen LogP contribution is -2.27. The number of hydrogen-bond acceptors (Lipinski definition) is 3. The van der Waals surface area contributed by atoms with E-state index < -0.39 is 10.0 Å². The molecule has 20 heavy (non-hydrogen) atoms. The number of aryl methyl sites for hydroxylation is 1. The summed E-state index contributed by atoms with van der Waals surface area (Å²) >= 11 is 3.32. The number of rotatable bonds is 5. The number of aliphatic hydroxyl groups excluding tert-OH is 1. The maximum atomic E-state index is 12.4. The van der Waals surface area contributed by atoms with E-state index in [9.17, 15) is 13.5 Å². The smallest absolute Gasteiger partial charge is 0.241 e. The van der Waals surface area contributed by atoms with Crippen molar-refractivity contribution in [2.24, 2.45) is 11.3 Å². The summed E-state index contributed by atoms with van der Waals surface area (Å²) in [5, 5.41) is 9.21. The zero-order chi connectivity index (χ0) is 15.1. The van der Waals surface area contributed by atoms with Crippen molar-refractivity contribution in [2.75, 3.05) is 6.54 Å². The number of hydrogen-bond donors (Lipinski definition) is 2. The van der Waals surface area contributed by atoms with Crippen LogP contribution in [0, 0.1) is 18.3 Å². The Balaban J connectivity index is 2.23. The lowest BCUT2D eigenvalue weighted by atomic mass is 10.1. The van der Waals surface area contributed by atoms with Gasteiger partial charge in [-0.25, -0.2) is 13.1 Å². The topological polar surface area (TPSA) is 66.4 Å². The van der Waals surface area contributed by atoms with Crippen molar-refractivity contribution in [2.45, 2.75) is 38.7 Å². The van der Waals surface area contributed by atoms with Crippen LogP contribution in [-0.2, 0) is 16.6 Å². The molecule has 0 aliphatic heterocycles. The van der Waals surface area contributed by atoms with Gasteiger partial charge in [0.25, 0.3) is 0 Å². The SMILES string of the molecule is Cc1cc(CO)cc(S(=O)(=O)NCC2CC2(C)C)c1Br. The Morgan fingerprint density at radius 1 is 1.45 bits per heavy atom. The average Bonchev–Trinajstić information content (AvgIpc) is 2.98. The van der Waals surface area contributed by atoms with E-state index in [2.05, 4.69) is 34.5 Å². The Labute approximate surface area is 128 Å². The molecule has 6 heteroatoms. The molecular weight excluding hydrogens is 342 g/mol. The van der Waals surface area contributed by atoms with E-state index >= 15 is 0 Å². The molecule has 4 nitrogen and oxygen atoms in total. The summed E-state index contributed by atoms with van der Waals surface area (Å²) in [6, 6.07) is 3.28. The van der Waals surface area contributed by atoms with Crippen LogP contribution in [0.3, 0.4) is 0 Å². The molecule has 0 radical (unpaired) electrons. The highest BCUT2D eigenvalue weighted by atomic mass is 79.9. The highest BCUT2D eigenvalue weighted by Gasteiger charge is 2.45. The maximum Gasteiger partial charge on any atom is 0.241 e. The molecule has 0 bridgehead atoms. The minimum Gasteiger partial charge on any atom is -0.392 e. The molecule has 1 aromatic carbocycles. The van der Waals surface area contributed by atoms with Gasteiger partial charge < -0.3 is 5.11 Å². The highest BCUT2D eigenvalue weighted by molar-refractivity contribution is 9.10. The summed E-state index contributed by atoms with van der Waals surface area (Å²) in [5.41, 5.74) is 1.63. The summed E-state index contributed by atoms with van der Waals surface area (Å²) in [5.74, 6) is 0.401. The minimum atomic E-state index is -3.56. The monoisotopic (exact) mass is 361 g/mol. The van der Waals surface area contributed by atoms with Crippen LogP contribution in [0.2, 0.25) is 0 Å². The fraction of sp³-hybridized carbons (Fsp3) is 0.571. The van der Waals surface area contributed by atoms with E-state index in [0.717, 1.165) is 12.0 Å². The van der Waals surface area contributed by atoms with Gasteiger partial charge in [-0.1, -0.05) is 19.9 Å². The predicted octanol–water partition coefficient (Wildman–Crippen LogP) is 2.57. The van der Waals surface area contributed by atoms with E-state index in [1.165, 1.54) is 6.07 Å². The van der Waals surface area contributed by atoms with Gasteiger partial charge in [0, 0.05) is 11.0 Å². The largest absolute Gasteiger partial charge is 0.392 e. The quantitative estimate of drug-likeness (QED) is 0.846. The lowest BCUT2D eigenvalue weighted by Gasteiger charge is -2.12. The van der Waals surface area contributed by atoms with E-state index in [-0.39, 0.29) is 16.9 Å². The fourth-order valence-corrected chi connectivity index (χ4v) is 4.46. The molecule has 0 heterocycles. The van der Waals surface area contributed by atoms with Gasteiger partial charge in [0.15, 0.2) is 0 Å². The summed E-state index contributed by atoms with van der Waals surface area (Å²) in [6.45, 7) is 6.37. The number of benzene rings is 1. The third-order valence-electron chi connectivity index (χ3n) is 3.99. The Bertz CT molecular complexity index is 626. The van der Waals surface area contributed by atoms with Crippen LogP contribution in [-0.4, -0.2) is 20.1 Å². The van der Waals surface area contributed by atoms with Gasteiger partial charge in [0.05, 0.1) is 11.5 Å². The van der Waals surface area contributed by atoms with Gasteiger partial charge in [0.1, 0.15) is 0 Å². The average molecular weight is 362 g/mol. The first-order valence-electron chi connectivity index (χ1n) is 6.57. The molecule has 1 aromatic rings. The normalized spacial score (nSPS) is 20.9. The van der Waals surface area contributed by atoms with Crippen LogP contribution in [0.1, 0.15) is 31.4 Å². The molecule has 2 rings (SSSR count). The molecule has 1 fully saturated rings. The van der Waals surface area contributed by atoms with Crippen molar-refractivity contribution in [1.29, 1.82) is 0 Å². The zero-order valence-corrected chi connectivity index (χ0v) is 14.3. The first-order chi connectivity index (χ1) is 9.17. The highest BCUT2D eigenvalue weighted by Crippen LogP contribution is 2.51. The number of aliphatic hydroxyl groups is 1. The van der Waals surface area contributed by atoms with Crippen LogP contribution < -0.4 is 4.72 Å². The lowest BCUT2D eigenvalue weighted by molar-refractivity contribution is 0.281. The molecular formula is C14H20BrNO3S. The fourth-order valence-electron chi connectivity index (χ4n) is 2.31. The predicted molar refractivity (Wildman–Crippen MR) is 81.9 cm³/mol. The third-order valence-corrected chi connectivity index (χ3v) is 6.75. The molecule has 2 N–H and O–H groups in total. The molecule has 0 amide bonds. The van der Waals surface area contributed by atoms with Crippen LogP contribution in [0.25, 0.3) is 0 Å². The van der Waals surface area contributed by atoms with Gasteiger partial charge in [0.2, 0.25) is 10.0 Å². The van der Waals surface area contributed by atoms with Crippen molar-refractivity contribution in [1.82, 2.24) is 4.72 Å². The van der Waals surface area contributed by atoms with Crippen LogP contribution in [0.4, 0.5) is 0 Å². The van der Waals surface area contributed by atoms with Gasteiger partial charge in [-0.05, 0) is 57.8 Å². The molecule has 1 aliphatic carbocycles. The van der Waals surface area contributed by atoms with Crippen molar-refractivity contribution in [3.63, 3.8) is 0 Å². The first-order valence-corrected chi connectivity index (χ1v) is 8.84. The molecule has 112 valence electrons. The second-order valence-electron chi connectivity index (χ2n) is 6.12. The summed E-state index contributed by atoms with van der Waals surface area (Å²) in [7, 11) is -3.56. The molecule has 0 saturated heterocycles. The Hall–Kier alpha value is -0.430. The first kappa shape index (κ1) is 15.9. The van der Waals surface area contributed by atoms with Gasteiger partial charge in [-0.2, -0.15) is 0 Å². The maximum absolute atomic E-state index is 12.4. The standard InChI is InChI=1S/C14H20BrNO3S/c1-9-4-10(8-17)5-12(13(9)15)20(18,19)16-7-11-6-14(11,2)3/h4-5,11,16-17H,6-8H2,1-3H3. The molecule has 1 aliphatic rings. The van der Waals surface area contributed by atoms with Crippen molar-refractivity contribution in [3.05, 3.63) is 27.7 Å². The van der Waals surface area contributed by atoms with E-state index in [1.807, 2.05) is 6.92 Å². The molecule has 1 saturated carbocycles. The summed E-state index contributed by atoms with van der Waals surface area (Å²) in [6.07, 6.45) is 1.05. The Morgan fingerprint density at radius 2 is 2.05 bits per heavy atom. The van der Waals surface area contributed by atoms with Crippen molar-refractivity contribution in [3.8, 4) is 0 Å².